The van der Waals surface area contributed by atoms with E-state index >= 15 is 0 Å². The van der Waals surface area contributed by atoms with Crippen LogP contribution in [0.3, 0.4) is 0 Å². The van der Waals surface area contributed by atoms with E-state index in [1.807, 2.05) is 16.8 Å². The molecule has 0 bridgehead atoms. The standard InChI is InChI=1S/C15H16N4/c1-11-3-5-13(6-4-11)12(2)18-15-14-7-8-17-19(14)10-9-16-15/h3-10,12H,1-2H3,(H,16,18). The van der Waals surface area contributed by atoms with Gasteiger partial charge in [-0.05, 0) is 25.5 Å². The summed E-state index contributed by atoms with van der Waals surface area (Å²) in [6.45, 7) is 4.22. The minimum atomic E-state index is 0.203. The summed E-state index contributed by atoms with van der Waals surface area (Å²) in [5.74, 6) is 0.855. The minimum Gasteiger partial charge on any atom is -0.362 e. The number of aromatic nitrogens is 3. The Hall–Kier alpha value is -2.36. The summed E-state index contributed by atoms with van der Waals surface area (Å²) in [6, 6.07) is 10.7. The van der Waals surface area contributed by atoms with Crippen molar-refractivity contribution in [1.82, 2.24) is 14.6 Å². The van der Waals surface area contributed by atoms with Crippen molar-refractivity contribution in [2.75, 3.05) is 5.32 Å². The summed E-state index contributed by atoms with van der Waals surface area (Å²) in [6.07, 6.45) is 5.37. The smallest absolute Gasteiger partial charge is 0.152 e. The monoisotopic (exact) mass is 252 g/mol. The van der Waals surface area contributed by atoms with E-state index in [0.29, 0.717) is 0 Å². The van der Waals surface area contributed by atoms with Crippen molar-refractivity contribution in [3.63, 3.8) is 0 Å². The molecule has 19 heavy (non-hydrogen) atoms. The van der Waals surface area contributed by atoms with Crippen LogP contribution in [0, 0.1) is 6.92 Å². The topological polar surface area (TPSA) is 42.2 Å². The molecule has 0 saturated heterocycles. The molecule has 2 heterocycles. The first-order chi connectivity index (χ1) is 9.24. The Morgan fingerprint density at radius 1 is 1.11 bits per heavy atom. The molecule has 3 aromatic rings. The highest BCUT2D eigenvalue weighted by Gasteiger charge is 2.08. The zero-order valence-electron chi connectivity index (χ0n) is 11.0. The average Bonchev–Trinajstić information content (AvgIpc) is 2.89. The molecule has 0 fully saturated rings. The Morgan fingerprint density at radius 2 is 1.89 bits per heavy atom. The van der Waals surface area contributed by atoms with Gasteiger partial charge >= 0.3 is 0 Å². The van der Waals surface area contributed by atoms with Crippen LogP contribution in [0.5, 0.6) is 0 Å². The lowest BCUT2D eigenvalue weighted by molar-refractivity contribution is 0.866. The van der Waals surface area contributed by atoms with Crippen molar-refractivity contribution in [3.05, 3.63) is 60.0 Å². The van der Waals surface area contributed by atoms with E-state index in [1.165, 1.54) is 11.1 Å². The summed E-state index contributed by atoms with van der Waals surface area (Å²) in [5.41, 5.74) is 3.50. The lowest BCUT2D eigenvalue weighted by Gasteiger charge is -2.15. The van der Waals surface area contributed by atoms with Crippen LogP contribution in [0.25, 0.3) is 5.52 Å². The second kappa shape index (κ2) is 4.72. The highest BCUT2D eigenvalue weighted by atomic mass is 15.2. The van der Waals surface area contributed by atoms with Crippen molar-refractivity contribution in [3.8, 4) is 0 Å². The van der Waals surface area contributed by atoms with E-state index in [-0.39, 0.29) is 6.04 Å². The average molecular weight is 252 g/mol. The molecule has 0 aliphatic carbocycles. The second-order valence-electron chi connectivity index (χ2n) is 4.71. The number of hydrogen-bond donors (Lipinski definition) is 1. The summed E-state index contributed by atoms with van der Waals surface area (Å²) in [7, 11) is 0. The SMILES string of the molecule is Cc1ccc(C(C)Nc2nccn3nccc23)cc1. The van der Waals surface area contributed by atoms with Gasteiger partial charge in [0.15, 0.2) is 5.82 Å². The zero-order chi connectivity index (χ0) is 13.2. The van der Waals surface area contributed by atoms with Crippen LogP contribution in [0.4, 0.5) is 5.82 Å². The van der Waals surface area contributed by atoms with Crippen molar-refractivity contribution < 1.29 is 0 Å². The Bertz CT molecular complexity index is 685. The number of aryl methyl sites for hydroxylation is 1. The predicted octanol–water partition coefficient (Wildman–Crippen LogP) is 3.21. The van der Waals surface area contributed by atoms with Crippen LogP contribution in [-0.2, 0) is 0 Å². The fourth-order valence-electron chi connectivity index (χ4n) is 2.11. The van der Waals surface area contributed by atoms with Gasteiger partial charge in [0, 0.05) is 12.4 Å². The van der Waals surface area contributed by atoms with Crippen molar-refractivity contribution in [1.29, 1.82) is 0 Å². The van der Waals surface area contributed by atoms with Gasteiger partial charge in [0.1, 0.15) is 5.52 Å². The van der Waals surface area contributed by atoms with Gasteiger partial charge in [-0.1, -0.05) is 29.8 Å². The Labute approximate surface area is 112 Å². The van der Waals surface area contributed by atoms with Crippen LogP contribution in [0.1, 0.15) is 24.1 Å². The first-order valence-electron chi connectivity index (χ1n) is 6.35. The minimum absolute atomic E-state index is 0.203. The van der Waals surface area contributed by atoms with E-state index in [4.69, 9.17) is 0 Å². The molecule has 1 unspecified atom stereocenters. The van der Waals surface area contributed by atoms with Gasteiger partial charge < -0.3 is 5.32 Å². The molecular weight excluding hydrogens is 236 g/mol. The second-order valence-corrected chi connectivity index (χ2v) is 4.71. The van der Waals surface area contributed by atoms with Gasteiger partial charge in [-0.2, -0.15) is 5.10 Å². The largest absolute Gasteiger partial charge is 0.362 e. The summed E-state index contributed by atoms with van der Waals surface area (Å²) < 4.78 is 1.82. The molecule has 1 N–H and O–H groups in total. The van der Waals surface area contributed by atoms with Crippen LogP contribution in [0.2, 0.25) is 0 Å². The molecule has 4 nitrogen and oxygen atoms in total. The van der Waals surface area contributed by atoms with Gasteiger partial charge in [0.05, 0.1) is 12.2 Å². The third kappa shape index (κ3) is 2.29. The Morgan fingerprint density at radius 3 is 2.68 bits per heavy atom. The molecule has 0 amide bonds. The quantitative estimate of drug-likeness (QED) is 0.778. The highest BCUT2D eigenvalue weighted by Crippen LogP contribution is 2.21. The van der Waals surface area contributed by atoms with E-state index < -0.39 is 0 Å². The van der Waals surface area contributed by atoms with Crippen LogP contribution >= 0.6 is 0 Å². The van der Waals surface area contributed by atoms with Gasteiger partial charge in [0.25, 0.3) is 0 Å². The van der Waals surface area contributed by atoms with E-state index in [9.17, 15) is 0 Å². The molecule has 3 rings (SSSR count). The molecule has 96 valence electrons. The highest BCUT2D eigenvalue weighted by molar-refractivity contribution is 5.67. The maximum Gasteiger partial charge on any atom is 0.152 e. The lowest BCUT2D eigenvalue weighted by Crippen LogP contribution is -2.09. The number of hydrogen-bond acceptors (Lipinski definition) is 3. The summed E-state index contributed by atoms with van der Waals surface area (Å²) in [5, 5.41) is 7.64. The number of nitrogens with one attached hydrogen (secondary N) is 1. The van der Waals surface area contributed by atoms with Gasteiger partial charge in [-0.3, -0.25) is 0 Å². The molecule has 2 aromatic heterocycles. The molecule has 0 saturated carbocycles. The first-order valence-corrected chi connectivity index (χ1v) is 6.35. The molecule has 1 aromatic carbocycles. The molecule has 0 aliphatic rings. The first kappa shape index (κ1) is 11.7. The number of fused-ring (bicyclic) bond motifs is 1. The molecule has 0 aliphatic heterocycles. The van der Waals surface area contributed by atoms with E-state index in [0.717, 1.165) is 11.3 Å². The number of benzene rings is 1. The van der Waals surface area contributed by atoms with Crippen LogP contribution < -0.4 is 5.32 Å². The van der Waals surface area contributed by atoms with Crippen molar-refractivity contribution in [2.24, 2.45) is 0 Å². The third-order valence-electron chi connectivity index (χ3n) is 3.25. The van der Waals surface area contributed by atoms with Crippen molar-refractivity contribution in [2.45, 2.75) is 19.9 Å². The van der Waals surface area contributed by atoms with E-state index in [2.05, 4.69) is 53.5 Å². The van der Waals surface area contributed by atoms with Gasteiger partial charge in [-0.25, -0.2) is 9.50 Å². The summed E-state index contributed by atoms with van der Waals surface area (Å²) in [4.78, 5) is 4.39. The van der Waals surface area contributed by atoms with Gasteiger partial charge in [-0.15, -0.1) is 0 Å². The maximum atomic E-state index is 4.39. The summed E-state index contributed by atoms with van der Waals surface area (Å²) >= 11 is 0. The normalized spacial score (nSPS) is 12.5. The van der Waals surface area contributed by atoms with E-state index in [1.54, 1.807) is 12.4 Å². The molecule has 0 spiro atoms. The molecule has 0 radical (unpaired) electrons. The Kier molecular flexibility index (Phi) is 2.91. The van der Waals surface area contributed by atoms with Crippen LogP contribution in [-0.4, -0.2) is 14.6 Å². The zero-order valence-corrected chi connectivity index (χ0v) is 11.0. The predicted molar refractivity (Wildman–Crippen MR) is 76.2 cm³/mol. The fraction of sp³-hybridized carbons (Fsp3) is 0.200. The maximum absolute atomic E-state index is 4.39. The van der Waals surface area contributed by atoms with Gasteiger partial charge in [0.2, 0.25) is 0 Å². The molecular formula is C15H16N4. The van der Waals surface area contributed by atoms with Crippen molar-refractivity contribution >= 4 is 11.3 Å². The lowest BCUT2D eigenvalue weighted by atomic mass is 10.1. The Balaban J connectivity index is 1.88. The molecule has 1 atom stereocenters. The van der Waals surface area contributed by atoms with Crippen LogP contribution in [0.15, 0.2) is 48.9 Å². The number of nitrogens with zero attached hydrogens (tertiary/aromatic N) is 3. The number of rotatable bonds is 3. The number of anilines is 1. The fourth-order valence-corrected chi connectivity index (χ4v) is 2.11. The molecule has 4 heteroatoms. The third-order valence-corrected chi connectivity index (χ3v) is 3.25.